The van der Waals surface area contributed by atoms with Crippen molar-refractivity contribution in [1.29, 1.82) is 0 Å². The van der Waals surface area contributed by atoms with Crippen molar-refractivity contribution < 1.29 is 19.7 Å². The van der Waals surface area contributed by atoms with Gasteiger partial charge in [0, 0.05) is 6.42 Å². The van der Waals surface area contributed by atoms with Crippen LogP contribution in [0.3, 0.4) is 0 Å². The highest BCUT2D eigenvalue weighted by Gasteiger charge is 2.32. The third-order valence-electron chi connectivity index (χ3n) is 1.92. The molecule has 4 heteroatoms. The van der Waals surface area contributed by atoms with E-state index in [-0.39, 0.29) is 31.7 Å². The SMILES string of the molecule is CC1OC(CO)CC1OCO. The normalized spacial score (nSPS) is 37.9. The summed E-state index contributed by atoms with van der Waals surface area (Å²) in [6, 6.07) is 0. The lowest BCUT2D eigenvalue weighted by Crippen LogP contribution is -2.21. The predicted octanol–water partition coefficient (Wildman–Crippen LogP) is -0.509. The van der Waals surface area contributed by atoms with E-state index in [0.717, 1.165) is 0 Å². The topological polar surface area (TPSA) is 58.9 Å². The van der Waals surface area contributed by atoms with Crippen molar-refractivity contribution in [1.82, 2.24) is 0 Å². The number of rotatable bonds is 3. The Bertz CT molecular complexity index is 117. The predicted molar refractivity (Wildman–Crippen MR) is 38.0 cm³/mol. The fourth-order valence-corrected chi connectivity index (χ4v) is 1.31. The first-order valence-corrected chi connectivity index (χ1v) is 3.76. The van der Waals surface area contributed by atoms with E-state index in [9.17, 15) is 0 Å². The summed E-state index contributed by atoms with van der Waals surface area (Å²) >= 11 is 0. The molecule has 66 valence electrons. The van der Waals surface area contributed by atoms with Crippen LogP contribution in [0.5, 0.6) is 0 Å². The smallest absolute Gasteiger partial charge is 0.144 e. The van der Waals surface area contributed by atoms with Crippen molar-refractivity contribution >= 4 is 0 Å². The summed E-state index contributed by atoms with van der Waals surface area (Å²) in [5.41, 5.74) is 0. The van der Waals surface area contributed by atoms with Crippen molar-refractivity contribution in [2.75, 3.05) is 13.4 Å². The molecule has 0 aromatic rings. The monoisotopic (exact) mass is 162 g/mol. The van der Waals surface area contributed by atoms with Gasteiger partial charge < -0.3 is 19.7 Å². The van der Waals surface area contributed by atoms with Gasteiger partial charge in [-0.25, -0.2) is 0 Å². The van der Waals surface area contributed by atoms with Crippen LogP contribution in [-0.2, 0) is 9.47 Å². The lowest BCUT2D eigenvalue weighted by molar-refractivity contribution is -0.0758. The van der Waals surface area contributed by atoms with Gasteiger partial charge in [-0.15, -0.1) is 0 Å². The minimum atomic E-state index is -0.281. The highest BCUT2D eigenvalue weighted by molar-refractivity contribution is 4.79. The second-order valence-corrected chi connectivity index (χ2v) is 2.72. The van der Waals surface area contributed by atoms with Crippen molar-refractivity contribution in [3.63, 3.8) is 0 Å². The number of hydrogen-bond acceptors (Lipinski definition) is 4. The summed E-state index contributed by atoms with van der Waals surface area (Å²) in [5.74, 6) is 0. The van der Waals surface area contributed by atoms with E-state index in [4.69, 9.17) is 19.7 Å². The Morgan fingerprint density at radius 2 is 2.27 bits per heavy atom. The standard InChI is InChI=1S/C7H14O4/c1-5-7(10-4-9)2-6(3-8)11-5/h5-9H,2-4H2,1H3. The zero-order chi connectivity index (χ0) is 8.27. The van der Waals surface area contributed by atoms with Crippen LogP contribution in [-0.4, -0.2) is 41.9 Å². The molecule has 1 saturated heterocycles. The summed E-state index contributed by atoms with van der Waals surface area (Å²) < 4.78 is 10.3. The zero-order valence-corrected chi connectivity index (χ0v) is 6.56. The van der Waals surface area contributed by atoms with Crippen molar-refractivity contribution in [3.05, 3.63) is 0 Å². The third kappa shape index (κ3) is 2.13. The molecule has 0 aliphatic carbocycles. The van der Waals surface area contributed by atoms with E-state index >= 15 is 0 Å². The van der Waals surface area contributed by atoms with Crippen LogP contribution in [0.2, 0.25) is 0 Å². The van der Waals surface area contributed by atoms with Crippen LogP contribution in [0.15, 0.2) is 0 Å². The number of ether oxygens (including phenoxy) is 2. The average Bonchev–Trinajstić information content (AvgIpc) is 2.33. The minimum absolute atomic E-state index is 0.0234. The van der Waals surface area contributed by atoms with Crippen LogP contribution in [0, 0.1) is 0 Å². The first kappa shape index (κ1) is 8.93. The number of hydrogen-bond donors (Lipinski definition) is 2. The Kier molecular flexibility index (Phi) is 3.26. The molecule has 1 heterocycles. The number of aliphatic hydroxyl groups is 2. The lowest BCUT2D eigenvalue weighted by atomic mass is 10.1. The summed E-state index contributed by atoms with van der Waals surface area (Å²) in [7, 11) is 0. The number of aliphatic hydroxyl groups excluding tert-OH is 2. The van der Waals surface area contributed by atoms with Crippen LogP contribution < -0.4 is 0 Å². The maximum Gasteiger partial charge on any atom is 0.144 e. The average molecular weight is 162 g/mol. The highest BCUT2D eigenvalue weighted by atomic mass is 16.6. The second kappa shape index (κ2) is 4.01. The molecular formula is C7H14O4. The van der Waals surface area contributed by atoms with Crippen LogP contribution in [0.4, 0.5) is 0 Å². The van der Waals surface area contributed by atoms with Gasteiger partial charge in [0.15, 0.2) is 0 Å². The molecule has 3 atom stereocenters. The van der Waals surface area contributed by atoms with Gasteiger partial charge in [0.05, 0.1) is 24.9 Å². The van der Waals surface area contributed by atoms with Crippen molar-refractivity contribution in [2.45, 2.75) is 31.7 Å². The van der Waals surface area contributed by atoms with E-state index in [1.807, 2.05) is 6.92 Å². The molecule has 1 rings (SSSR count). The van der Waals surface area contributed by atoms with Gasteiger partial charge in [-0.2, -0.15) is 0 Å². The van der Waals surface area contributed by atoms with E-state index < -0.39 is 0 Å². The first-order chi connectivity index (χ1) is 5.27. The summed E-state index contributed by atoms with van der Waals surface area (Å²) in [5, 5.41) is 17.2. The molecule has 1 fully saturated rings. The maximum absolute atomic E-state index is 8.73. The van der Waals surface area contributed by atoms with Crippen molar-refractivity contribution in [3.8, 4) is 0 Å². The molecule has 0 aromatic heterocycles. The fourth-order valence-electron chi connectivity index (χ4n) is 1.31. The van der Waals surface area contributed by atoms with E-state index in [1.54, 1.807) is 0 Å². The summed E-state index contributed by atoms with van der Waals surface area (Å²) in [4.78, 5) is 0. The molecule has 11 heavy (non-hydrogen) atoms. The van der Waals surface area contributed by atoms with Crippen LogP contribution in [0.1, 0.15) is 13.3 Å². The first-order valence-electron chi connectivity index (χ1n) is 3.76. The Hall–Kier alpha value is -0.160. The molecule has 3 unspecified atom stereocenters. The minimum Gasteiger partial charge on any atom is -0.394 e. The van der Waals surface area contributed by atoms with E-state index in [1.165, 1.54) is 0 Å². The maximum atomic E-state index is 8.73. The Labute approximate surface area is 65.7 Å². The molecule has 0 radical (unpaired) electrons. The van der Waals surface area contributed by atoms with Crippen molar-refractivity contribution in [2.24, 2.45) is 0 Å². The largest absolute Gasteiger partial charge is 0.394 e. The van der Waals surface area contributed by atoms with E-state index in [0.29, 0.717) is 6.42 Å². The van der Waals surface area contributed by atoms with Gasteiger partial charge in [-0.3, -0.25) is 0 Å². The summed E-state index contributed by atoms with van der Waals surface area (Å²) in [6.45, 7) is 1.61. The van der Waals surface area contributed by atoms with Gasteiger partial charge in [0.2, 0.25) is 0 Å². The molecule has 1 aliphatic heterocycles. The molecule has 4 nitrogen and oxygen atoms in total. The Morgan fingerprint density at radius 1 is 1.55 bits per heavy atom. The molecule has 0 bridgehead atoms. The van der Waals surface area contributed by atoms with Crippen LogP contribution >= 0.6 is 0 Å². The quantitative estimate of drug-likeness (QED) is 0.549. The summed E-state index contributed by atoms with van der Waals surface area (Å²) in [6.07, 6.45) is 0.441. The van der Waals surface area contributed by atoms with Gasteiger partial charge in [-0.1, -0.05) is 0 Å². The van der Waals surface area contributed by atoms with Gasteiger partial charge in [0.1, 0.15) is 6.79 Å². The lowest BCUT2D eigenvalue weighted by Gasteiger charge is -2.11. The molecule has 1 aliphatic rings. The molecular weight excluding hydrogens is 148 g/mol. The van der Waals surface area contributed by atoms with Gasteiger partial charge in [0.25, 0.3) is 0 Å². The molecule has 2 N–H and O–H groups in total. The fraction of sp³-hybridized carbons (Fsp3) is 1.00. The molecule has 0 aromatic carbocycles. The van der Waals surface area contributed by atoms with Crippen LogP contribution in [0.25, 0.3) is 0 Å². The molecule has 0 spiro atoms. The van der Waals surface area contributed by atoms with E-state index in [2.05, 4.69) is 0 Å². The van der Waals surface area contributed by atoms with Gasteiger partial charge >= 0.3 is 0 Å². The molecule has 0 saturated carbocycles. The third-order valence-corrected chi connectivity index (χ3v) is 1.92. The Balaban J connectivity index is 2.32. The molecule has 0 amide bonds. The van der Waals surface area contributed by atoms with Gasteiger partial charge in [-0.05, 0) is 6.92 Å². The second-order valence-electron chi connectivity index (χ2n) is 2.72. The highest BCUT2D eigenvalue weighted by Crippen LogP contribution is 2.22. The zero-order valence-electron chi connectivity index (χ0n) is 6.56. The Morgan fingerprint density at radius 3 is 2.73 bits per heavy atom.